The summed E-state index contributed by atoms with van der Waals surface area (Å²) in [5.41, 5.74) is 0.500. The van der Waals surface area contributed by atoms with E-state index in [9.17, 15) is 23.5 Å². The Morgan fingerprint density at radius 2 is 1.92 bits per heavy atom. The molecule has 2 heterocycles. The Balaban J connectivity index is 1.86. The van der Waals surface area contributed by atoms with Gasteiger partial charge in [0, 0.05) is 24.9 Å². The Morgan fingerprint density at radius 3 is 2.62 bits per heavy atom. The predicted octanol–water partition coefficient (Wildman–Crippen LogP) is 2.91. The lowest BCUT2D eigenvalue weighted by Crippen LogP contribution is -2.48. The molecule has 1 aromatic heterocycles. The van der Waals surface area contributed by atoms with Crippen LogP contribution in [0.4, 0.5) is 19.3 Å². The van der Waals surface area contributed by atoms with Crippen molar-refractivity contribution in [2.75, 3.05) is 11.4 Å². The third-order valence-corrected chi connectivity index (χ3v) is 4.49. The highest BCUT2D eigenvalue weighted by Crippen LogP contribution is 2.29. The van der Waals surface area contributed by atoms with Crippen molar-refractivity contribution in [3.8, 4) is 0 Å². The van der Waals surface area contributed by atoms with Crippen molar-refractivity contribution in [2.45, 2.75) is 24.8 Å². The molecule has 0 radical (unpaired) electrons. The minimum Gasteiger partial charge on any atom is -0.465 e. The van der Waals surface area contributed by atoms with Gasteiger partial charge in [-0.15, -0.1) is 0 Å². The summed E-state index contributed by atoms with van der Waals surface area (Å²) in [4.78, 5) is 29.0. The summed E-state index contributed by atoms with van der Waals surface area (Å²) in [7, 11) is 0. The second-order valence-corrected chi connectivity index (χ2v) is 6.04. The number of nitrogens with zero attached hydrogens (tertiary/aromatic N) is 2. The number of carboxylic acid groups (broad SMARTS) is 1. The molecule has 0 aliphatic carbocycles. The first-order valence-electron chi connectivity index (χ1n) is 8.13. The average molecular weight is 361 g/mol. The number of carbonyl (C=O) groups is 2. The topological polar surface area (TPSA) is 82.5 Å². The van der Waals surface area contributed by atoms with Gasteiger partial charge in [0.1, 0.15) is 6.04 Å². The molecular weight excluding hydrogens is 344 g/mol. The van der Waals surface area contributed by atoms with Gasteiger partial charge in [-0.25, -0.2) is 13.6 Å². The number of rotatable bonds is 3. The van der Waals surface area contributed by atoms with Crippen molar-refractivity contribution >= 4 is 17.7 Å². The van der Waals surface area contributed by atoms with Crippen LogP contribution in [0.5, 0.6) is 0 Å². The van der Waals surface area contributed by atoms with Gasteiger partial charge in [-0.1, -0.05) is 12.1 Å². The molecule has 0 unspecified atom stereocenters. The highest BCUT2D eigenvalue weighted by molar-refractivity contribution is 5.96. The zero-order valence-electron chi connectivity index (χ0n) is 13.7. The van der Waals surface area contributed by atoms with Crippen LogP contribution in [0.1, 0.15) is 24.3 Å². The highest BCUT2D eigenvalue weighted by atomic mass is 19.2. The normalized spacial score (nSPS) is 20.2. The maximum Gasteiger partial charge on any atom is 0.412 e. The lowest BCUT2D eigenvalue weighted by molar-refractivity contribution is -0.122. The molecular formula is C18H17F2N3O3. The summed E-state index contributed by atoms with van der Waals surface area (Å²) in [6.45, 7) is 0.111. The molecule has 2 aromatic rings. The molecule has 2 atom stereocenters. The van der Waals surface area contributed by atoms with Gasteiger partial charge in [0.15, 0.2) is 11.6 Å². The van der Waals surface area contributed by atoms with Crippen LogP contribution in [-0.2, 0) is 4.79 Å². The van der Waals surface area contributed by atoms with E-state index in [1.807, 2.05) is 0 Å². The predicted molar refractivity (Wildman–Crippen MR) is 89.9 cm³/mol. The maximum atomic E-state index is 14.1. The molecule has 3 rings (SSSR count). The molecule has 1 fully saturated rings. The number of benzene rings is 1. The van der Waals surface area contributed by atoms with Crippen molar-refractivity contribution in [1.29, 1.82) is 0 Å². The molecule has 0 saturated carbocycles. The smallest absolute Gasteiger partial charge is 0.412 e. The van der Waals surface area contributed by atoms with E-state index in [1.54, 1.807) is 0 Å². The first-order valence-corrected chi connectivity index (χ1v) is 8.13. The zero-order chi connectivity index (χ0) is 18.7. The van der Waals surface area contributed by atoms with Crippen molar-refractivity contribution < 1.29 is 23.5 Å². The Labute approximate surface area is 148 Å². The molecule has 6 nitrogen and oxygen atoms in total. The summed E-state index contributed by atoms with van der Waals surface area (Å²) >= 11 is 0. The van der Waals surface area contributed by atoms with Crippen LogP contribution >= 0.6 is 0 Å². The number of aromatic nitrogens is 1. The van der Waals surface area contributed by atoms with E-state index in [0.29, 0.717) is 12.1 Å². The molecule has 136 valence electrons. The number of amides is 2. The summed E-state index contributed by atoms with van der Waals surface area (Å²) in [6.07, 6.45) is 2.11. The minimum absolute atomic E-state index is 0.111. The van der Waals surface area contributed by atoms with Crippen LogP contribution in [0.3, 0.4) is 0 Å². The van der Waals surface area contributed by atoms with Gasteiger partial charge in [0.25, 0.3) is 0 Å². The Bertz CT molecular complexity index is 817. The number of pyridine rings is 1. The van der Waals surface area contributed by atoms with E-state index >= 15 is 0 Å². The fourth-order valence-corrected chi connectivity index (χ4v) is 3.21. The number of halogens is 2. The number of hydrogen-bond donors (Lipinski definition) is 2. The fourth-order valence-electron chi connectivity index (χ4n) is 3.21. The quantitative estimate of drug-likeness (QED) is 0.881. The first-order chi connectivity index (χ1) is 12.5. The standard InChI is InChI=1S/C18H17F2N3O3/c19-14-3-1-2-13(16(14)20)11-4-5-15(17(24)22-10-11)23(18(25)26)12-6-8-21-9-7-12/h1-3,6-9,11,15H,4-5,10H2,(H,22,24)(H,25,26)/t11-,15-/m1/s1. The van der Waals surface area contributed by atoms with E-state index in [2.05, 4.69) is 10.3 Å². The summed E-state index contributed by atoms with van der Waals surface area (Å²) < 4.78 is 27.6. The monoisotopic (exact) mass is 361 g/mol. The van der Waals surface area contributed by atoms with Crippen molar-refractivity contribution in [3.05, 3.63) is 59.9 Å². The lowest BCUT2D eigenvalue weighted by Gasteiger charge is -2.27. The van der Waals surface area contributed by atoms with E-state index in [0.717, 1.165) is 11.0 Å². The van der Waals surface area contributed by atoms with Crippen LogP contribution in [0.2, 0.25) is 0 Å². The molecule has 1 aromatic carbocycles. The third-order valence-electron chi connectivity index (χ3n) is 4.49. The fraction of sp³-hybridized carbons (Fsp3) is 0.278. The van der Waals surface area contributed by atoms with Crippen LogP contribution in [-0.4, -0.2) is 34.7 Å². The number of hydrogen-bond acceptors (Lipinski definition) is 3. The van der Waals surface area contributed by atoms with Gasteiger partial charge in [0.05, 0.1) is 5.69 Å². The molecule has 26 heavy (non-hydrogen) atoms. The minimum atomic E-state index is -1.27. The van der Waals surface area contributed by atoms with Crippen LogP contribution in [0.15, 0.2) is 42.7 Å². The van der Waals surface area contributed by atoms with Crippen LogP contribution in [0, 0.1) is 11.6 Å². The van der Waals surface area contributed by atoms with Crippen molar-refractivity contribution in [1.82, 2.24) is 10.3 Å². The molecule has 8 heteroatoms. The molecule has 1 saturated heterocycles. The van der Waals surface area contributed by atoms with E-state index in [-0.39, 0.29) is 18.5 Å². The van der Waals surface area contributed by atoms with E-state index < -0.39 is 35.6 Å². The van der Waals surface area contributed by atoms with Gasteiger partial charge < -0.3 is 10.4 Å². The average Bonchev–Trinajstić information content (AvgIpc) is 2.81. The lowest BCUT2D eigenvalue weighted by atomic mass is 9.93. The second-order valence-electron chi connectivity index (χ2n) is 6.04. The van der Waals surface area contributed by atoms with Gasteiger partial charge in [-0.3, -0.25) is 14.7 Å². The van der Waals surface area contributed by atoms with Crippen LogP contribution in [0.25, 0.3) is 0 Å². The van der Waals surface area contributed by atoms with Crippen molar-refractivity contribution in [3.63, 3.8) is 0 Å². The van der Waals surface area contributed by atoms with E-state index in [1.165, 1.54) is 36.7 Å². The Kier molecular flexibility index (Phi) is 5.11. The van der Waals surface area contributed by atoms with Gasteiger partial charge >= 0.3 is 6.09 Å². The molecule has 2 amide bonds. The molecule has 0 bridgehead atoms. The van der Waals surface area contributed by atoms with Crippen LogP contribution < -0.4 is 10.2 Å². The second kappa shape index (κ2) is 7.47. The molecule has 1 aliphatic heterocycles. The third kappa shape index (κ3) is 3.49. The van der Waals surface area contributed by atoms with Gasteiger partial charge in [-0.2, -0.15) is 0 Å². The Morgan fingerprint density at radius 1 is 1.19 bits per heavy atom. The molecule has 0 spiro atoms. The highest BCUT2D eigenvalue weighted by Gasteiger charge is 2.35. The Hall–Kier alpha value is -3.03. The summed E-state index contributed by atoms with van der Waals surface area (Å²) in [5, 5.41) is 12.2. The van der Waals surface area contributed by atoms with Gasteiger partial charge in [-0.05, 0) is 36.6 Å². The largest absolute Gasteiger partial charge is 0.465 e. The number of nitrogens with one attached hydrogen (secondary N) is 1. The molecule has 2 N–H and O–H groups in total. The van der Waals surface area contributed by atoms with Gasteiger partial charge in [0.2, 0.25) is 5.91 Å². The zero-order valence-corrected chi connectivity index (χ0v) is 13.7. The number of anilines is 1. The SMILES string of the molecule is O=C1NC[C@H](c2cccc(F)c2F)CC[C@H]1N(C(=O)O)c1ccncc1. The number of carbonyl (C=O) groups excluding carboxylic acids is 1. The maximum absolute atomic E-state index is 14.1. The van der Waals surface area contributed by atoms with E-state index in [4.69, 9.17) is 0 Å². The summed E-state index contributed by atoms with van der Waals surface area (Å²) in [5.74, 6) is -2.79. The first kappa shape index (κ1) is 17.8. The van der Waals surface area contributed by atoms with Crippen molar-refractivity contribution in [2.24, 2.45) is 0 Å². The summed E-state index contributed by atoms with van der Waals surface area (Å²) in [6, 6.07) is 5.96. The molecule has 1 aliphatic rings.